The van der Waals surface area contributed by atoms with E-state index in [0.717, 1.165) is 10.0 Å². The van der Waals surface area contributed by atoms with Crippen LogP contribution in [0.4, 0.5) is 17.2 Å². The molecule has 138 valence electrons. The van der Waals surface area contributed by atoms with Crippen LogP contribution >= 0.6 is 15.9 Å². The van der Waals surface area contributed by atoms with Gasteiger partial charge in [-0.2, -0.15) is 4.98 Å². The second-order valence-electron chi connectivity index (χ2n) is 5.52. The van der Waals surface area contributed by atoms with Gasteiger partial charge in [-0.1, -0.05) is 22.0 Å². The fourth-order valence-electron chi connectivity index (χ4n) is 2.35. The zero-order valence-electron chi connectivity index (χ0n) is 14.5. The third-order valence-corrected chi connectivity index (χ3v) is 4.14. The molecule has 0 amide bonds. The number of anilines is 2. The summed E-state index contributed by atoms with van der Waals surface area (Å²) >= 11 is 3.33. The average molecular weight is 431 g/mol. The van der Waals surface area contributed by atoms with Gasteiger partial charge in [0.2, 0.25) is 5.82 Å². The molecule has 0 saturated carbocycles. The Morgan fingerprint density at radius 3 is 2.56 bits per heavy atom. The predicted octanol–water partition coefficient (Wildman–Crippen LogP) is 5.00. The fraction of sp³-hybridized carbons (Fsp3) is 0.111. The van der Waals surface area contributed by atoms with Crippen LogP contribution in [0, 0.1) is 17.0 Å². The molecule has 27 heavy (non-hydrogen) atoms. The van der Waals surface area contributed by atoms with Gasteiger partial charge >= 0.3 is 11.6 Å². The van der Waals surface area contributed by atoms with Crippen LogP contribution in [0.2, 0.25) is 0 Å². The van der Waals surface area contributed by atoms with Crippen molar-refractivity contribution in [1.29, 1.82) is 0 Å². The SMILES string of the molecule is COc1ccc(C)cc1Nc1ncnc(Oc2ccc(Br)cc2)c1[N+](=O)[O-]. The molecule has 0 atom stereocenters. The van der Waals surface area contributed by atoms with E-state index in [9.17, 15) is 10.1 Å². The van der Waals surface area contributed by atoms with E-state index >= 15 is 0 Å². The van der Waals surface area contributed by atoms with Crippen LogP contribution in [0.15, 0.2) is 53.3 Å². The molecule has 0 radical (unpaired) electrons. The normalized spacial score (nSPS) is 10.3. The lowest BCUT2D eigenvalue weighted by atomic mass is 10.2. The van der Waals surface area contributed by atoms with Crippen molar-refractivity contribution < 1.29 is 14.4 Å². The topological polar surface area (TPSA) is 99.4 Å². The van der Waals surface area contributed by atoms with Crippen LogP contribution in [0.5, 0.6) is 17.4 Å². The molecule has 0 unspecified atom stereocenters. The van der Waals surface area contributed by atoms with Gasteiger partial charge in [0.1, 0.15) is 17.8 Å². The monoisotopic (exact) mass is 430 g/mol. The Bertz CT molecular complexity index is 980. The van der Waals surface area contributed by atoms with Gasteiger partial charge < -0.3 is 14.8 Å². The highest BCUT2D eigenvalue weighted by atomic mass is 79.9. The van der Waals surface area contributed by atoms with Gasteiger partial charge in [-0.3, -0.25) is 10.1 Å². The van der Waals surface area contributed by atoms with E-state index in [4.69, 9.17) is 9.47 Å². The summed E-state index contributed by atoms with van der Waals surface area (Å²) in [6, 6.07) is 12.3. The maximum atomic E-state index is 11.7. The number of nitro groups is 1. The Labute approximate surface area is 163 Å². The minimum Gasteiger partial charge on any atom is -0.495 e. The van der Waals surface area contributed by atoms with E-state index in [1.54, 1.807) is 36.4 Å². The standard InChI is InChI=1S/C18H15BrN4O4/c1-11-3-8-15(26-2)14(9-11)22-17-16(23(24)25)18(21-10-20-17)27-13-6-4-12(19)5-7-13/h3-10H,1-2H3,(H,20,21,22). The molecule has 0 bridgehead atoms. The Kier molecular flexibility index (Phi) is 5.51. The van der Waals surface area contributed by atoms with Crippen molar-refractivity contribution in [2.24, 2.45) is 0 Å². The lowest BCUT2D eigenvalue weighted by Crippen LogP contribution is -2.04. The van der Waals surface area contributed by atoms with Crippen molar-refractivity contribution in [1.82, 2.24) is 9.97 Å². The van der Waals surface area contributed by atoms with E-state index in [-0.39, 0.29) is 17.4 Å². The lowest BCUT2D eigenvalue weighted by Gasteiger charge is -2.12. The number of hydrogen-bond donors (Lipinski definition) is 1. The number of benzene rings is 2. The molecule has 8 nitrogen and oxygen atoms in total. The van der Waals surface area contributed by atoms with Crippen molar-refractivity contribution in [2.45, 2.75) is 6.92 Å². The van der Waals surface area contributed by atoms with E-state index < -0.39 is 4.92 Å². The summed E-state index contributed by atoms with van der Waals surface area (Å²) in [5, 5.41) is 14.6. The average Bonchev–Trinajstić information content (AvgIpc) is 2.64. The highest BCUT2D eigenvalue weighted by Gasteiger charge is 2.26. The number of aromatic nitrogens is 2. The largest absolute Gasteiger partial charge is 0.495 e. The smallest absolute Gasteiger partial charge is 0.373 e. The van der Waals surface area contributed by atoms with Gasteiger partial charge in [0.25, 0.3) is 0 Å². The summed E-state index contributed by atoms with van der Waals surface area (Å²) in [7, 11) is 1.52. The third-order valence-electron chi connectivity index (χ3n) is 3.61. The summed E-state index contributed by atoms with van der Waals surface area (Å²) in [6.45, 7) is 1.90. The Hall–Kier alpha value is -3.20. The molecule has 3 aromatic rings. The lowest BCUT2D eigenvalue weighted by molar-refractivity contribution is -0.385. The summed E-state index contributed by atoms with van der Waals surface area (Å²) in [4.78, 5) is 19.0. The summed E-state index contributed by atoms with van der Waals surface area (Å²) in [5.41, 5.74) is 1.14. The van der Waals surface area contributed by atoms with Crippen LogP contribution in [0.25, 0.3) is 0 Å². The number of aryl methyl sites for hydroxylation is 1. The van der Waals surface area contributed by atoms with Crippen LogP contribution in [0.1, 0.15) is 5.56 Å². The van der Waals surface area contributed by atoms with Crippen molar-refractivity contribution >= 4 is 33.1 Å². The van der Waals surface area contributed by atoms with E-state index in [1.807, 2.05) is 13.0 Å². The van der Waals surface area contributed by atoms with Gasteiger partial charge in [0.05, 0.1) is 17.7 Å². The molecule has 0 spiro atoms. The molecule has 1 N–H and O–H groups in total. The Morgan fingerprint density at radius 1 is 1.15 bits per heavy atom. The van der Waals surface area contributed by atoms with Crippen LogP contribution in [0.3, 0.4) is 0 Å². The first-order chi connectivity index (χ1) is 13.0. The summed E-state index contributed by atoms with van der Waals surface area (Å²) in [6.07, 6.45) is 1.20. The molecule has 0 aliphatic carbocycles. The first kappa shape index (κ1) is 18.6. The number of ether oxygens (including phenoxy) is 2. The zero-order chi connectivity index (χ0) is 19.4. The minimum atomic E-state index is -0.585. The quantitative estimate of drug-likeness (QED) is 0.433. The molecule has 1 heterocycles. The first-order valence-corrected chi connectivity index (χ1v) is 8.61. The highest BCUT2D eigenvalue weighted by molar-refractivity contribution is 9.10. The van der Waals surface area contributed by atoms with Crippen molar-refractivity contribution in [3.8, 4) is 17.4 Å². The van der Waals surface area contributed by atoms with Crippen LogP contribution in [-0.4, -0.2) is 22.0 Å². The van der Waals surface area contributed by atoms with E-state index in [1.165, 1.54) is 13.4 Å². The molecule has 2 aromatic carbocycles. The molecular weight excluding hydrogens is 416 g/mol. The van der Waals surface area contributed by atoms with Crippen LogP contribution in [-0.2, 0) is 0 Å². The Morgan fingerprint density at radius 2 is 1.89 bits per heavy atom. The fourth-order valence-corrected chi connectivity index (χ4v) is 2.62. The summed E-state index contributed by atoms with van der Waals surface area (Å²) < 4.78 is 11.8. The van der Waals surface area contributed by atoms with Crippen molar-refractivity contribution in [3.63, 3.8) is 0 Å². The molecule has 0 saturated heterocycles. The maximum absolute atomic E-state index is 11.7. The maximum Gasteiger partial charge on any atom is 0.373 e. The van der Waals surface area contributed by atoms with Gasteiger partial charge in [-0.15, -0.1) is 0 Å². The second-order valence-corrected chi connectivity index (χ2v) is 6.43. The second kappa shape index (κ2) is 8.00. The predicted molar refractivity (Wildman–Crippen MR) is 104 cm³/mol. The van der Waals surface area contributed by atoms with E-state index in [0.29, 0.717) is 17.2 Å². The molecule has 0 aliphatic rings. The highest BCUT2D eigenvalue weighted by Crippen LogP contribution is 2.37. The van der Waals surface area contributed by atoms with Gasteiger partial charge in [-0.25, -0.2) is 4.98 Å². The Balaban J connectivity index is 2.00. The number of hydrogen-bond acceptors (Lipinski definition) is 7. The van der Waals surface area contributed by atoms with Crippen LogP contribution < -0.4 is 14.8 Å². The molecule has 3 rings (SSSR count). The first-order valence-electron chi connectivity index (χ1n) is 7.82. The number of nitrogens with one attached hydrogen (secondary N) is 1. The van der Waals surface area contributed by atoms with Crippen molar-refractivity contribution in [3.05, 3.63) is 68.9 Å². The molecule has 0 aliphatic heterocycles. The van der Waals surface area contributed by atoms with Crippen molar-refractivity contribution in [2.75, 3.05) is 12.4 Å². The van der Waals surface area contributed by atoms with Gasteiger partial charge in [0.15, 0.2) is 0 Å². The molecular formula is C18H15BrN4O4. The summed E-state index contributed by atoms with van der Waals surface area (Å²) in [5.74, 6) is 0.792. The van der Waals surface area contributed by atoms with Gasteiger partial charge in [-0.05, 0) is 48.9 Å². The zero-order valence-corrected chi connectivity index (χ0v) is 16.1. The number of halogens is 1. The number of nitrogens with zero attached hydrogens (tertiary/aromatic N) is 3. The van der Waals surface area contributed by atoms with E-state index in [2.05, 4.69) is 31.2 Å². The molecule has 9 heteroatoms. The minimum absolute atomic E-state index is 0.00557. The molecule has 0 fully saturated rings. The number of rotatable bonds is 6. The van der Waals surface area contributed by atoms with Gasteiger partial charge in [0, 0.05) is 4.47 Å². The third kappa shape index (κ3) is 4.32. The molecule has 1 aromatic heterocycles. The number of methoxy groups -OCH3 is 1.